The molecule has 0 aliphatic carbocycles. The molecule has 8 nitrogen and oxygen atoms in total. The topological polar surface area (TPSA) is 100 Å². The Labute approximate surface area is 107 Å². The summed E-state index contributed by atoms with van der Waals surface area (Å²) in [6.45, 7) is 2.03. The molecule has 0 amide bonds. The fourth-order valence-corrected chi connectivity index (χ4v) is 2.03. The maximum Gasteiger partial charge on any atom is 0.279 e. The number of hydrogen-bond acceptors (Lipinski definition) is 6. The van der Waals surface area contributed by atoms with E-state index in [0.29, 0.717) is 28.2 Å². The van der Waals surface area contributed by atoms with Crippen LogP contribution in [0.3, 0.4) is 0 Å². The summed E-state index contributed by atoms with van der Waals surface area (Å²) in [7, 11) is 1.57. The van der Waals surface area contributed by atoms with Crippen LogP contribution in [-0.4, -0.2) is 31.4 Å². The van der Waals surface area contributed by atoms with Crippen molar-refractivity contribution in [1.29, 1.82) is 0 Å². The first-order valence-corrected chi connectivity index (χ1v) is 5.63. The minimum Gasteiger partial charge on any atom is -0.377 e. The highest BCUT2D eigenvalue weighted by Crippen LogP contribution is 2.14. The average molecular weight is 260 g/mol. The Balaban J connectivity index is 2.45. The number of rotatable bonds is 2. The van der Waals surface area contributed by atoms with Gasteiger partial charge in [0.15, 0.2) is 5.82 Å². The predicted molar refractivity (Wildman–Crippen MR) is 68.1 cm³/mol. The largest absolute Gasteiger partial charge is 0.377 e. The first-order valence-electron chi connectivity index (χ1n) is 5.63. The van der Waals surface area contributed by atoms with Crippen molar-refractivity contribution in [2.24, 2.45) is 0 Å². The fourth-order valence-electron chi connectivity index (χ4n) is 2.03. The van der Waals surface area contributed by atoms with Gasteiger partial charge in [0.1, 0.15) is 6.61 Å². The van der Waals surface area contributed by atoms with Crippen LogP contribution in [0, 0.1) is 6.92 Å². The molecule has 3 aromatic rings. The van der Waals surface area contributed by atoms with Crippen LogP contribution >= 0.6 is 0 Å². The van der Waals surface area contributed by atoms with E-state index in [9.17, 15) is 4.79 Å². The SMILES string of the molecule is COCc1nc2nc(C)c3c(=O)n(N)ccc3n2n1. The summed E-state index contributed by atoms with van der Waals surface area (Å²) in [5, 5.41) is 4.71. The summed E-state index contributed by atoms with van der Waals surface area (Å²) in [4.78, 5) is 20.6. The zero-order valence-electron chi connectivity index (χ0n) is 10.5. The minimum atomic E-state index is -0.312. The molecule has 0 radical (unpaired) electrons. The van der Waals surface area contributed by atoms with Crippen molar-refractivity contribution in [3.05, 3.63) is 34.1 Å². The smallest absolute Gasteiger partial charge is 0.279 e. The normalized spacial score (nSPS) is 11.5. The van der Waals surface area contributed by atoms with Crippen LogP contribution < -0.4 is 11.4 Å². The molecule has 0 bridgehead atoms. The number of fused-ring (bicyclic) bond motifs is 3. The molecule has 8 heteroatoms. The van der Waals surface area contributed by atoms with Crippen LogP contribution in [0.4, 0.5) is 0 Å². The standard InChI is InChI=1S/C11H12N6O2/c1-6-9-7(3-4-16(12)10(9)18)17-11(13-6)14-8(15-17)5-19-2/h3-4H,5,12H2,1-2H3. The molecule has 19 heavy (non-hydrogen) atoms. The number of pyridine rings is 1. The van der Waals surface area contributed by atoms with E-state index in [-0.39, 0.29) is 12.2 Å². The first kappa shape index (κ1) is 11.6. The number of methoxy groups -OCH3 is 1. The van der Waals surface area contributed by atoms with Crippen LogP contribution in [0.1, 0.15) is 11.5 Å². The number of ether oxygens (including phenoxy) is 1. The van der Waals surface area contributed by atoms with E-state index in [1.807, 2.05) is 0 Å². The monoisotopic (exact) mass is 260 g/mol. The molecule has 0 aliphatic heterocycles. The van der Waals surface area contributed by atoms with Crippen molar-refractivity contribution in [1.82, 2.24) is 24.3 Å². The van der Waals surface area contributed by atoms with E-state index in [2.05, 4.69) is 15.1 Å². The second kappa shape index (κ2) is 4.02. The van der Waals surface area contributed by atoms with Gasteiger partial charge in [0.25, 0.3) is 11.3 Å². The van der Waals surface area contributed by atoms with Crippen molar-refractivity contribution in [3.8, 4) is 0 Å². The molecule has 0 aromatic carbocycles. The Morgan fingerprint density at radius 3 is 2.95 bits per heavy atom. The maximum atomic E-state index is 12.0. The molecule has 3 rings (SSSR count). The Hall–Kier alpha value is -2.48. The van der Waals surface area contributed by atoms with E-state index in [1.165, 1.54) is 10.7 Å². The Bertz CT molecular complexity index is 834. The summed E-state index contributed by atoms with van der Waals surface area (Å²) in [5.41, 5.74) is 0.890. The minimum absolute atomic E-state index is 0.290. The third-order valence-corrected chi connectivity index (χ3v) is 2.86. The molecule has 0 fully saturated rings. The molecule has 0 saturated heterocycles. The van der Waals surface area contributed by atoms with E-state index in [0.717, 1.165) is 4.68 Å². The second-order valence-electron chi connectivity index (χ2n) is 4.16. The molecule has 98 valence electrons. The molecule has 3 heterocycles. The average Bonchev–Trinajstić information content (AvgIpc) is 2.76. The van der Waals surface area contributed by atoms with E-state index in [1.54, 1.807) is 20.1 Å². The summed E-state index contributed by atoms with van der Waals surface area (Å²) in [6, 6.07) is 1.71. The van der Waals surface area contributed by atoms with Crippen LogP contribution in [0.15, 0.2) is 17.1 Å². The lowest BCUT2D eigenvalue weighted by atomic mass is 10.2. The van der Waals surface area contributed by atoms with Gasteiger partial charge in [-0.15, -0.1) is 5.10 Å². The lowest BCUT2D eigenvalue weighted by Crippen LogP contribution is -2.27. The van der Waals surface area contributed by atoms with Crippen molar-refractivity contribution < 1.29 is 4.74 Å². The van der Waals surface area contributed by atoms with E-state index in [4.69, 9.17) is 10.6 Å². The highest BCUT2D eigenvalue weighted by Gasteiger charge is 2.13. The zero-order valence-corrected chi connectivity index (χ0v) is 10.5. The maximum absolute atomic E-state index is 12.0. The predicted octanol–water partition coefficient (Wildman–Crippen LogP) is -0.392. The van der Waals surface area contributed by atoms with Crippen molar-refractivity contribution >= 4 is 16.7 Å². The molecular weight excluding hydrogens is 248 g/mol. The van der Waals surface area contributed by atoms with Crippen LogP contribution in [0.5, 0.6) is 0 Å². The molecule has 0 saturated carbocycles. The Kier molecular flexibility index (Phi) is 2.46. The van der Waals surface area contributed by atoms with Crippen LogP contribution in [0.2, 0.25) is 0 Å². The lowest BCUT2D eigenvalue weighted by Gasteiger charge is -2.04. The van der Waals surface area contributed by atoms with Gasteiger partial charge in [-0.2, -0.15) is 9.50 Å². The Morgan fingerprint density at radius 2 is 2.21 bits per heavy atom. The zero-order chi connectivity index (χ0) is 13.6. The van der Waals surface area contributed by atoms with Gasteiger partial charge in [0.05, 0.1) is 16.6 Å². The number of aryl methyl sites for hydroxylation is 1. The number of nitrogens with two attached hydrogens (primary N) is 1. The molecule has 0 spiro atoms. The second-order valence-corrected chi connectivity index (χ2v) is 4.16. The summed E-state index contributed by atoms with van der Waals surface area (Å²) in [5.74, 6) is 6.51. The summed E-state index contributed by atoms with van der Waals surface area (Å²) >= 11 is 0. The number of hydrogen-bond donors (Lipinski definition) is 1. The van der Waals surface area contributed by atoms with Gasteiger partial charge < -0.3 is 10.6 Å². The van der Waals surface area contributed by atoms with Crippen molar-refractivity contribution in [2.75, 3.05) is 13.0 Å². The Morgan fingerprint density at radius 1 is 1.42 bits per heavy atom. The highest BCUT2D eigenvalue weighted by molar-refractivity contribution is 5.81. The van der Waals surface area contributed by atoms with Gasteiger partial charge in [-0.1, -0.05) is 0 Å². The molecule has 3 aromatic heterocycles. The molecule has 0 atom stereocenters. The molecule has 2 N–H and O–H groups in total. The van der Waals surface area contributed by atoms with Gasteiger partial charge in [-0.25, -0.2) is 9.66 Å². The summed E-state index contributed by atoms with van der Waals surface area (Å²) in [6.07, 6.45) is 1.49. The number of aromatic nitrogens is 5. The van der Waals surface area contributed by atoms with Gasteiger partial charge in [-0.3, -0.25) is 4.79 Å². The van der Waals surface area contributed by atoms with Crippen LogP contribution in [-0.2, 0) is 11.3 Å². The van der Waals surface area contributed by atoms with Crippen molar-refractivity contribution in [2.45, 2.75) is 13.5 Å². The lowest BCUT2D eigenvalue weighted by molar-refractivity contribution is 0.178. The fraction of sp³-hybridized carbons (Fsp3) is 0.273. The van der Waals surface area contributed by atoms with E-state index >= 15 is 0 Å². The first-order chi connectivity index (χ1) is 9.11. The quantitative estimate of drug-likeness (QED) is 0.630. The molecule has 0 unspecified atom stereocenters. The number of nitrogens with zero attached hydrogens (tertiary/aromatic N) is 5. The third-order valence-electron chi connectivity index (χ3n) is 2.86. The van der Waals surface area contributed by atoms with Gasteiger partial charge in [-0.05, 0) is 13.0 Å². The third kappa shape index (κ3) is 1.65. The molecule has 0 aliphatic rings. The van der Waals surface area contributed by atoms with Crippen molar-refractivity contribution in [3.63, 3.8) is 0 Å². The van der Waals surface area contributed by atoms with Gasteiger partial charge in [0, 0.05) is 13.3 Å². The highest BCUT2D eigenvalue weighted by atomic mass is 16.5. The number of nitrogen functional groups attached to an aromatic ring is 1. The van der Waals surface area contributed by atoms with Gasteiger partial charge >= 0.3 is 0 Å². The van der Waals surface area contributed by atoms with Crippen LogP contribution in [0.25, 0.3) is 16.7 Å². The molecular formula is C11H12N6O2. The van der Waals surface area contributed by atoms with Gasteiger partial charge in [0.2, 0.25) is 0 Å². The van der Waals surface area contributed by atoms with E-state index < -0.39 is 0 Å². The summed E-state index contributed by atoms with van der Waals surface area (Å²) < 4.78 is 7.54.